The molecule has 0 aromatic carbocycles. The number of aromatic nitrogens is 4. The van der Waals surface area contributed by atoms with Gasteiger partial charge < -0.3 is 19.4 Å². The third-order valence-electron chi connectivity index (χ3n) is 5.09. The number of nitrogens with zero attached hydrogens (tertiary/aromatic N) is 6. The van der Waals surface area contributed by atoms with Gasteiger partial charge in [0.05, 0.1) is 11.6 Å². The van der Waals surface area contributed by atoms with Gasteiger partial charge in [0.2, 0.25) is 0 Å². The molecule has 9 heteroatoms. The lowest BCUT2D eigenvalue weighted by atomic mass is 10.2. The molecule has 2 aromatic rings. The summed E-state index contributed by atoms with van der Waals surface area (Å²) in [6.07, 6.45) is 8.67. The Morgan fingerprint density at radius 2 is 2.14 bits per heavy atom. The van der Waals surface area contributed by atoms with Gasteiger partial charge in [-0.3, -0.25) is 4.99 Å². The summed E-state index contributed by atoms with van der Waals surface area (Å²) < 4.78 is 4.37. The van der Waals surface area contributed by atoms with Gasteiger partial charge in [0.25, 0.3) is 0 Å². The highest BCUT2D eigenvalue weighted by atomic mass is 127. The minimum atomic E-state index is 0. The van der Waals surface area contributed by atoms with Crippen molar-refractivity contribution >= 4 is 41.5 Å². The predicted octanol–water partition coefficient (Wildman–Crippen LogP) is 3.25. The molecule has 0 bridgehead atoms. The molecular weight excluding hydrogens is 489 g/mol. The molecule has 28 heavy (non-hydrogen) atoms. The third kappa shape index (κ3) is 5.85. The number of aryl methyl sites for hydroxylation is 3. The SMILES string of the molecule is CN=C(NCCCc1nnc2n1CCCCC2)N(C)Cc1cc(Cl)cn1C.I. The van der Waals surface area contributed by atoms with Crippen LogP contribution in [0.3, 0.4) is 0 Å². The molecule has 0 unspecified atom stereocenters. The Bertz CT molecular complexity index is 783. The second kappa shape index (κ2) is 11.0. The highest BCUT2D eigenvalue weighted by Gasteiger charge is 2.14. The Kier molecular flexibility index (Phi) is 9.07. The number of aliphatic imine (C=N–C) groups is 1. The molecule has 1 aliphatic rings. The number of nitrogens with one attached hydrogen (secondary N) is 1. The molecule has 0 saturated heterocycles. The largest absolute Gasteiger partial charge is 0.356 e. The van der Waals surface area contributed by atoms with Crippen molar-refractivity contribution in [2.24, 2.45) is 12.0 Å². The zero-order valence-electron chi connectivity index (χ0n) is 17.0. The second-order valence-electron chi connectivity index (χ2n) is 7.19. The topological polar surface area (TPSA) is 63.3 Å². The zero-order valence-corrected chi connectivity index (χ0v) is 20.1. The summed E-state index contributed by atoms with van der Waals surface area (Å²) >= 11 is 6.08. The van der Waals surface area contributed by atoms with Gasteiger partial charge in [0.15, 0.2) is 5.96 Å². The summed E-state index contributed by atoms with van der Waals surface area (Å²) in [5.41, 5.74) is 1.15. The van der Waals surface area contributed by atoms with Crippen molar-refractivity contribution < 1.29 is 0 Å². The lowest BCUT2D eigenvalue weighted by molar-refractivity contribution is 0.460. The number of halogens is 2. The van der Waals surface area contributed by atoms with Crippen LogP contribution in [0.4, 0.5) is 0 Å². The van der Waals surface area contributed by atoms with E-state index in [4.69, 9.17) is 11.6 Å². The average molecular weight is 520 g/mol. The average Bonchev–Trinajstić information content (AvgIpc) is 3.07. The Morgan fingerprint density at radius 1 is 1.32 bits per heavy atom. The van der Waals surface area contributed by atoms with Gasteiger partial charge in [0.1, 0.15) is 11.6 Å². The molecule has 156 valence electrons. The molecule has 7 nitrogen and oxygen atoms in total. The van der Waals surface area contributed by atoms with E-state index in [9.17, 15) is 0 Å². The molecule has 0 spiro atoms. The van der Waals surface area contributed by atoms with E-state index < -0.39 is 0 Å². The smallest absolute Gasteiger partial charge is 0.193 e. The van der Waals surface area contributed by atoms with E-state index in [1.54, 1.807) is 0 Å². The lowest BCUT2D eigenvalue weighted by Crippen LogP contribution is -2.39. The van der Waals surface area contributed by atoms with Gasteiger partial charge >= 0.3 is 0 Å². The molecule has 0 atom stereocenters. The monoisotopic (exact) mass is 519 g/mol. The summed E-state index contributed by atoms with van der Waals surface area (Å²) in [5.74, 6) is 3.16. The predicted molar refractivity (Wildman–Crippen MR) is 125 cm³/mol. The van der Waals surface area contributed by atoms with Gasteiger partial charge in [-0.1, -0.05) is 18.0 Å². The first-order valence-corrected chi connectivity index (χ1v) is 10.1. The highest BCUT2D eigenvalue weighted by molar-refractivity contribution is 14.0. The number of guanidine groups is 1. The number of hydrogen-bond acceptors (Lipinski definition) is 3. The van der Waals surface area contributed by atoms with Gasteiger partial charge in [-0.25, -0.2) is 0 Å². The quantitative estimate of drug-likeness (QED) is 0.275. The van der Waals surface area contributed by atoms with Crippen molar-refractivity contribution in [1.82, 2.24) is 29.5 Å². The van der Waals surface area contributed by atoms with E-state index >= 15 is 0 Å². The summed E-state index contributed by atoms with van der Waals surface area (Å²) in [6.45, 7) is 2.67. The van der Waals surface area contributed by atoms with Crippen LogP contribution in [0.5, 0.6) is 0 Å². The van der Waals surface area contributed by atoms with Crippen molar-refractivity contribution in [2.75, 3.05) is 20.6 Å². The van der Waals surface area contributed by atoms with Crippen molar-refractivity contribution in [2.45, 2.75) is 51.6 Å². The Balaban J connectivity index is 0.00000280. The highest BCUT2D eigenvalue weighted by Crippen LogP contribution is 2.16. The van der Waals surface area contributed by atoms with E-state index in [1.165, 1.54) is 19.3 Å². The van der Waals surface area contributed by atoms with Crippen LogP contribution in [0, 0.1) is 0 Å². The van der Waals surface area contributed by atoms with Crippen LogP contribution < -0.4 is 5.32 Å². The van der Waals surface area contributed by atoms with Gasteiger partial charge in [-0.05, 0) is 25.3 Å². The fourth-order valence-corrected chi connectivity index (χ4v) is 3.88. The van der Waals surface area contributed by atoms with Crippen molar-refractivity contribution in [3.05, 3.63) is 34.6 Å². The van der Waals surface area contributed by atoms with Crippen LogP contribution in [-0.2, 0) is 33.0 Å². The normalized spacial score (nSPS) is 14.2. The third-order valence-corrected chi connectivity index (χ3v) is 5.30. The van der Waals surface area contributed by atoms with E-state index in [1.807, 2.05) is 38.0 Å². The number of rotatable bonds is 6. The van der Waals surface area contributed by atoms with Crippen LogP contribution in [0.15, 0.2) is 17.3 Å². The summed E-state index contributed by atoms with van der Waals surface area (Å²) in [6, 6.07) is 1.99. The summed E-state index contributed by atoms with van der Waals surface area (Å²) in [5, 5.41) is 13.0. The Labute approximate surface area is 189 Å². The molecule has 0 saturated carbocycles. The van der Waals surface area contributed by atoms with Gasteiger partial charge in [-0.15, -0.1) is 34.2 Å². The van der Waals surface area contributed by atoms with E-state index in [0.29, 0.717) is 0 Å². The van der Waals surface area contributed by atoms with Crippen molar-refractivity contribution in [3.8, 4) is 0 Å². The maximum absolute atomic E-state index is 6.08. The molecule has 0 fully saturated rings. The van der Waals surface area contributed by atoms with Crippen LogP contribution in [0.25, 0.3) is 0 Å². The summed E-state index contributed by atoms with van der Waals surface area (Å²) in [7, 11) is 5.86. The molecule has 0 amide bonds. The maximum atomic E-state index is 6.08. The lowest BCUT2D eigenvalue weighted by Gasteiger charge is -2.22. The Hall–Kier alpha value is -1.29. The van der Waals surface area contributed by atoms with Crippen LogP contribution in [0.1, 0.15) is 43.0 Å². The van der Waals surface area contributed by atoms with E-state index in [-0.39, 0.29) is 24.0 Å². The van der Waals surface area contributed by atoms with Gasteiger partial charge in [0, 0.05) is 59.0 Å². The summed E-state index contributed by atoms with van der Waals surface area (Å²) in [4.78, 5) is 6.50. The molecule has 3 rings (SSSR count). The van der Waals surface area contributed by atoms with Crippen LogP contribution in [0.2, 0.25) is 5.02 Å². The van der Waals surface area contributed by atoms with E-state index in [0.717, 1.165) is 67.2 Å². The Morgan fingerprint density at radius 3 is 2.86 bits per heavy atom. The second-order valence-corrected chi connectivity index (χ2v) is 7.63. The molecule has 2 aromatic heterocycles. The van der Waals surface area contributed by atoms with Crippen molar-refractivity contribution in [3.63, 3.8) is 0 Å². The molecule has 0 aliphatic carbocycles. The number of fused-ring (bicyclic) bond motifs is 1. The van der Waals surface area contributed by atoms with E-state index in [2.05, 4.69) is 30.0 Å². The molecular formula is C19H31ClIN7. The maximum Gasteiger partial charge on any atom is 0.193 e. The fraction of sp³-hybridized carbons (Fsp3) is 0.632. The van der Waals surface area contributed by atoms with Crippen LogP contribution in [-0.4, -0.2) is 50.8 Å². The number of hydrogen-bond donors (Lipinski definition) is 1. The minimum absolute atomic E-state index is 0. The first-order chi connectivity index (χ1) is 13.1. The van der Waals surface area contributed by atoms with Crippen LogP contribution >= 0.6 is 35.6 Å². The molecule has 1 aliphatic heterocycles. The fourth-order valence-electron chi connectivity index (χ4n) is 3.60. The minimum Gasteiger partial charge on any atom is -0.356 e. The molecule has 1 N–H and O–H groups in total. The first kappa shape index (κ1) is 23.0. The molecule has 0 radical (unpaired) electrons. The zero-order chi connectivity index (χ0) is 19.2. The standard InChI is InChI=1S/C19H30ClN7.HI/c1-21-19(26(3)14-16-12-15(20)13-25(16)2)22-10-7-9-18-24-23-17-8-5-4-6-11-27(17)18;/h12-13H,4-11,14H2,1-3H3,(H,21,22);1H. The van der Waals surface area contributed by atoms with Crippen molar-refractivity contribution in [1.29, 1.82) is 0 Å². The molecule has 3 heterocycles. The first-order valence-electron chi connectivity index (χ1n) is 9.72. The van der Waals surface area contributed by atoms with Gasteiger partial charge in [-0.2, -0.15) is 0 Å².